The van der Waals surface area contributed by atoms with Crippen molar-refractivity contribution < 1.29 is 4.74 Å². The third-order valence-electron chi connectivity index (χ3n) is 3.89. The summed E-state index contributed by atoms with van der Waals surface area (Å²) in [5.41, 5.74) is 3.63. The number of morpholine rings is 1. The minimum Gasteiger partial charge on any atom is -0.379 e. The Hall–Kier alpha value is -1.78. The standard InChI is InChI=1S/C17H21N3O/c1(7-20-8-10-21-11-9-20)2-15-3-5-16(6-4-15)17-12-18-14-19-13-17/h3-6,12-14H,1-2,7-11H2. The predicted octanol–water partition coefficient (Wildman–Crippen LogP) is 2.41. The quantitative estimate of drug-likeness (QED) is 0.844. The fourth-order valence-electron chi connectivity index (χ4n) is 2.64. The zero-order valence-corrected chi connectivity index (χ0v) is 12.2. The second-order valence-electron chi connectivity index (χ2n) is 5.38. The van der Waals surface area contributed by atoms with E-state index in [0.717, 1.165) is 44.8 Å². The van der Waals surface area contributed by atoms with Crippen LogP contribution in [0.5, 0.6) is 0 Å². The van der Waals surface area contributed by atoms with Gasteiger partial charge in [0.2, 0.25) is 0 Å². The number of hydrogen-bond acceptors (Lipinski definition) is 4. The van der Waals surface area contributed by atoms with Gasteiger partial charge in [-0.05, 0) is 30.5 Å². The number of aromatic nitrogens is 2. The molecule has 1 aliphatic heterocycles. The molecule has 1 aromatic carbocycles. The van der Waals surface area contributed by atoms with E-state index in [2.05, 4.69) is 39.1 Å². The van der Waals surface area contributed by atoms with E-state index in [1.54, 1.807) is 6.33 Å². The van der Waals surface area contributed by atoms with Gasteiger partial charge in [0.1, 0.15) is 6.33 Å². The molecular formula is C17H21N3O. The molecule has 0 amide bonds. The highest BCUT2D eigenvalue weighted by atomic mass is 16.5. The third kappa shape index (κ3) is 4.09. The van der Waals surface area contributed by atoms with Crippen molar-refractivity contribution in [3.63, 3.8) is 0 Å². The first kappa shape index (κ1) is 14.2. The van der Waals surface area contributed by atoms with Crippen LogP contribution in [0.15, 0.2) is 43.0 Å². The lowest BCUT2D eigenvalue weighted by atomic mass is 10.0. The monoisotopic (exact) mass is 283 g/mol. The van der Waals surface area contributed by atoms with Crippen LogP contribution in [0.1, 0.15) is 12.0 Å². The maximum absolute atomic E-state index is 5.37. The van der Waals surface area contributed by atoms with E-state index in [1.807, 2.05) is 12.4 Å². The van der Waals surface area contributed by atoms with Gasteiger partial charge in [0.25, 0.3) is 0 Å². The summed E-state index contributed by atoms with van der Waals surface area (Å²) < 4.78 is 5.37. The van der Waals surface area contributed by atoms with Crippen LogP contribution < -0.4 is 0 Å². The Morgan fingerprint density at radius 2 is 1.67 bits per heavy atom. The van der Waals surface area contributed by atoms with Gasteiger partial charge in [0.05, 0.1) is 13.2 Å². The highest BCUT2D eigenvalue weighted by molar-refractivity contribution is 5.61. The molecule has 1 aromatic heterocycles. The number of benzene rings is 1. The van der Waals surface area contributed by atoms with Gasteiger partial charge in [0, 0.05) is 31.0 Å². The van der Waals surface area contributed by atoms with Crippen LogP contribution in [0.4, 0.5) is 0 Å². The Kier molecular flexibility index (Phi) is 4.92. The van der Waals surface area contributed by atoms with Crippen molar-refractivity contribution in [2.45, 2.75) is 12.8 Å². The van der Waals surface area contributed by atoms with Crippen LogP contribution in [0.3, 0.4) is 0 Å². The molecule has 0 radical (unpaired) electrons. The Balaban J connectivity index is 1.50. The fraction of sp³-hybridized carbons (Fsp3) is 0.412. The van der Waals surface area contributed by atoms with Crippen LogP contribution in [-0.4, -0.2) is 47.7 Å². The number of rotatable bonds is 5. The van der Waals surface area contributed by atoms with Gasteiger partial charge in [-0.1, -0.05) is 24.3 Å². The van der Waals surface area contributed by atoms with Crippen LogP contribution >= 0.6 is 0 Å². The molecule has 0 aliphatic carbocycles. The number of nitrogens with zero attached hydrogens (tertiary/aromatic N) is 3. The van der Waals surface area contributed by atoms with E-state index in [4.69, 9.17) is 4.74 Å². The van der Waals surface area contributed by atoms with Crippen LogP contribution in [-0.2, 0) is 11.2 Å². The Morgan fingerprint density at radius 3 is 2.38 bits per heavy atom. The minimum absolute atomic E-state index is 0.883. The second-order valence-corrected chi connectivity index (χ2v) is 5.38. The molecular weight excluding hydrogens is 262 g/mol. The third-order valence-corrected chi connectivity index (χ3v) is 3.89. The van der Waals surface area contributed by atoms with Gasteiger partial charge >= 0.3 is 0 Å². The van der Waals surface area contributed by atoms with Crippen molar-refractivity contribution in [1.29, 1.82) is 0 Å². The average Bonchev–Trinajstić information content (AvgIpc) is 2.57. The summed E-state index contributed by atoms with van der Waals surface area (Å²) in [6, 6.07) is 8.73. The molecule has 1 fully saturated rings. The minimum atomic E-state index is 0.883. The fourth-order valence-corrected chi connectivity index (χ4v) is 2.64. The van der Waals surface area contributed by atoms with Gasteiger partial charge in [-0.2, -0.15) is 0 Å². The van der Waals surface area contributed by atoms with Crippen LogP contribution in [0.25, 0.3) is 11.1 Å². The molecule has 0 saturated carbocycles. The molecule has 2 heterocycles. The smallest absolute Gasteiger partial charge is 0.115 e. The van der Waals surface area contributed by atoms with Gasteiger partial charge in [-0.25, -0.2) is 9.97 Å². The van der Waals surface area contributed by atoms with Gasteiger partial charge in [-0.3, -0.25) is 4.90 Å². The molecule has 110 valence electrons. The molecule has 21 heavy (non-hydrogen) atoms. The van der Waals surface area contributed by atoms with Crippen LogP contribution in [0, 0.1) is 0 Å². The van der Waals surface area contributed by atoms with Crippen molar-refractivity contribution in [2.24, 2.45) is 0 Å². The Labute approximate surface area is 125 Å². The summed E-state index contributed by atoms with van der Waals surface area (Å²) >= 11 is 0. The van der Waals surface area contributed by atoms with Crippen molar-refractivity contribution in [1.82, 2.24) is 14.9 Å². The first-order valence-corrected chi connectivity index (χ1v) is 7.56. The maximum atomic E-state index is 5.37. The average molecular weight is 283 g/mol. The van der Waals surface area contributed by atoms with Crippen molar-refractivity contribution in [3.05, 3.63) is 48.5 Å². The summed E-state index contributed by atoms with van der Waals surface area (Å²) in [5, 5.41) is 0. The van der Waals surface area contributed by atoms with E-state index in [-0.39, 0.29) is 0 Å². The summed E-state index contributed by atoms with van der Waals surface area (Å²) in [4.78, 5) is 10.6. The molecule has 1 saturated heterocycles. The molecule has 4 heteroatoms. The lowest BCUT2D eigenvalue weighted by Gasteiger charge is -2.26. The highest BCUT2D eigenvalue weighted by Crippen LogP contribution is 2.18. The van der Waals surface area contributed by atoms with E-state index in [0.29, 0.717) is 0 Å². The lowest BCUT2D eigenvalue weighted by molar-refractivity contribution is 0.0375. The van der Waals surface area contributed by atoms with Gasteiger partial charge in [0.15, 0.2) is 0 Å². The largest absolute Gasteiger partial charge is 0.379 e. The molecule has 1 aliphatic rings. The number of aryl methyl sites for hydroxylation is 1. The molecule has 3 rings (SSSR count). The zero-order valence-electron chi connectivity index (χ0n) is 12.2. The van der Waals surface area contributed by atoms with Gasteiger partial charge in [-0.15, -0.1) is 0 Å². The lowest BCUT2D eigenvalue weighted by Crippen LogP contribution is -2.36. The molecule has 4 nitrogen and oxygen atoms in total. The normalized spacial score (nSPS) is 16.0. The Bertz CT molecular complexity index is 536. The van der Waals surface area contributed by atoms with Gasteiger partial charge < -0.3 is 4.74 Å². The topological polar surface area (TPSA) is 38.2 Å². The zero-order chi connectivity index (χ0) is 14.3. The molecule has 0 atom stereocenters. The van der Waals surface area contributed by atoms with E-state index < -0.39 is 0 Å². The molecule has 0 N–H and O–H groups in total. The number of ether oxygens (including phenoxy) is 1. The van der Waals surface area contributed by atoms with E-state index in [1.165, 1.54) is 17.5 Å². The number of hydrogen-bond donors (Lipinski definition) is 0. The highest BCUT2D eigenvalue weighted by Gasteiger charge is 2.09. The summed E-state index contributed by atoms with van der Waals surface area (Å²) in [6.45, 7) is 5.08. The first-order chi connectivity index (χ1) is 10.4. The summed E-state index contributed by atoms with van der Waals surface area (Å²) in [5.74, 6) is 0. The van der Waals surface area contributed by atoms with E-state index >= 15 is 0 Å². The molecule has 0 bridgehead atoms. The Morgan fingerprint density at radius 1 is 0.952 bits per heavy atom. The van der Waals surface area contributed by atoms with E-state index in [9.17, 15) is 0 Å². The summed E-state index contributed by atoms with van der Waals surface area (Å²) in [7, 11) is 0. The molecule has 0 spiro atoms. The first-order valence-electron chi connectivity index (χ1n) is 7.56. The maximum Gasteiger partial charge on any atom is 0.115 e. The van der Waals surface area contributed by atoms with Crippen molar-refractivity contribution >= 4 is 0 Å². The van der Waals surface area contributed by atoms with Crippen molar-refractivity contribution in [2.75, 3.05) is 32.8 Å². The predicted molar refractivity (Wildman–Crippen MR) is 83.0 cm³/mol. The molecule has 0 unspecified atom stereocenters. The summed E-state index contributed by atoms with van der Waals surface area (Å²) in [6.07, 6.45) is 7.58. The second kappa shape index (κ2) is 7.29. The SMILES string of the molecule is c1ncc(-c2ccc(CCCN3CCOCC3)cc2)cn1. The van der Waals surface area contributed by atoms with Crippen LogP contribution in [0.2, 0.25) is 0 Å². The molecule has 2 aromatic rings. The van der Waals surface area contributed by atoms with Crippen molar-refractivity contribution in [3.8, 4) is 11.1 Å².